The molecule has 0 unspecified atom stereocenters. The Morgan fingerprint density at radius 1 is 1.15 bits per heavy atom. The predicted molar refractivity (Wildman–Crippen MR) is 74.3 cm³/mol. The van der Waals surface area contributed by atoms with E-state index in [1.807, 2.05) is 24.3 Å². The fourth-order valence-corrected chi connectivity index (χ4v) is 1.87. The van der Waals surface area contributed by atoms with Crippen molar-refractivity contribution in [2.75, 3.05) is 13.7 Å². The SMILES string of the molecule is COc1ccc(-c2cc([C@@H](O)[C@H](O)CO)ccn2)cc1. The molecule has 2 atom stereocenters. The minimum absolute atomic E-state index is 0.499. The molecule has 0 fully saturated rings. The molecule has 1 heterocycles. The first-order chi connectivity index (χ1) is 9.65. The number of nitrogens with zero attached hydrogens (tertiary/aromatic N) is 1. The molecular formula is C15H17NO4. The molecule has 2 rings (SSSR count). The predicted octanol–water partition coefficient (Wildman–Crippen LogP) is 1.14. The van der Waals surface area contributed by atoms with Crippen molar-refractivity contribution in [2.45, 2.75) is 12.2 Å². The summed E-state index contributed by atoms with van der Waals surface area (Å²) in [5, 5.41) is 28.2. The van der Waals surface area contributed by atoms with Crippen LogP contribution in [0.4, 0.5) is 0 Å². The summed E-state index contributed by atoms with van der Waals surface area (Å²) in [5.74, 6) is 0.751. The molecule has 0 saturated carbocycles. The second kappa shape index (κ2) is 6.47. The van der Waals surface area contributed by atoms with Crippen LogP contribution in [0.2, 0.25) is 0 Å². The summed E-state index contributed by atoms with van der Waals surface area (Å²) in [5.41, 5.74) is 2.06. The van der Waals surface area contributed by atoms with Gasteiger partial charge in [0.2, 0.25) is 0 Å². The minimum atomic E-state index is -1.21. The molecule has 0 aliphatic heterocycles. The highest BCUT2D eigenvalue weighted by molar-refractivity contribution is 5.60. The van der Waals surface area contributed by atoms with Crippen molar-refractivity contribution < 1.29 is 20.1 Å². The van der Waals surface area contributed by atoms with E-state index in [1.54, 1.807) is 25.4 Å². The first-order valence-electron chi connectivity index (χ1n) is 6.23. The van der Waals surface area contributed by atoms with Crippen LogP contribution in [0.5, 0.6) is 5.75 Å². The van der Waals surface area contributed by atoms with Crippen LogP contribution in [-0.2, 0) is 0 Å². The molecule has 2 aromatic rings. The number of pyridine rings is 1. The van der Waals surface area contributed by atoms with Gasteiger partial charge in [-0.3, -0.25) is 4.98 Å². The van der Waals surface area contributed by atoms with Gasteiger partial charge in [0.25, 0.3) is 0 Å². The van der Waals surface area contributed by atoms with Gasteiger partial charge < -0.3 is 20.1 Å². The molecule has 0 spiro atoms. The zero-order chi connectivity index (χ0) is 14.5. The van der Waals surface area contributed by atoms with Crippen molar-refractivity contribution >= 4 is 0 Å². The van der Waals surface area contributed by atoms with Gasteiger partial charge in [-0.2, -0.15) is 0 Å². The highest BCUT2D eigenvalue weighted by Gasteiger charge is 2.18. The summed E-state index contributed by atoms with van der Waals surface area (Å²) in [7, 11) is 1.60. The van der Waals surface area contributed by atoms with Crippen molar-refractivity contribution in [3.8, 4) is 17.0 Å². The molecule has 1 aromatic heterocycles. The maximum absolute atomic E-state index is 9.88. The smallest absolute Gasteiger partial charge is 0.118 e. The Morgan fingerprint density at radius 3 is 2.45 bits per heavy atom. The first kappa shape index (κ1) is 14.5. The number of hydrogen-bond acceptors (Lipinski definition) is 5. The van der Waals surface area contributed by atoms with Gasteiger partial charge >= 0.3 is 0 Å². The van der Waals surface area contributed by atoms with E-state index >= 15 is 0 Å². The lowest BCUT2D eigenvalue weighted by Crippen LogP contribution is -2.22. The molecule has 0 aliphatic rings. The molecule has 0 radical (unpaired) electrons. The third-order valence-corrected chi connectivity index (χ3v) is 3.06. The Balaban J connectivity index is 2.28. The fourth-order valence-electron chi connectivity index (χ4n) is 1.87. The van der Waals surface area contributed by atoms with E-state index in [9.17, 15) is 10.2 Å². The number of rotatable bonds is 5. The average Bonchev–Trinajstić information content (AvgIpc) is 2.53. The van der Waals surface area contributed by atoms with Gasteiger partial charge in [0.05, 0.1) is 19.4 Å². The van der Waals surface area contributed by atoms with Gasteiger partial charge in [-0.05, 0) is 42.0 Å². The number of aliphatic hydroxyl groups excluding tert-OH is 3. The van der Waals surface area contributed by atoms with Crippen molar-refractivity contribution in [3.05, 3.63) is 48.2 Å². The Bertz CT molecular complexity index is 556. The van der Waals surface area contributed by atoms with Gasteiger partial charge in [0.1, 0.15) is 18.0 Å². The molecule has 0 saturated heterocycles. The average molecular weight is 275 g/mol. The highest BCUT2D eigenvalue weighted by Crippen LogP contribution is 2.24. The number of methoxy groups -OCH3 is 1. The fraction of sp³-hybridized carbons (Fsp3) is 0.267. The largest absolute Gasteiger partial charge is 0.497 e. The van der Waals surface area contributed by atoms with E-state index in [4.69, 9.17) is 9.84 Å². The van der Waals surface area contributed by atoms with Crippen LogP contribution >= 0.6 is 0 Å². The Hall–Kier alpha value is -1.95. The summed E-state index contributed by atoms with van der Waals surface area (Å²) in [4.78, 5) is 4.24. The standard InChI is InChI=1S/C15H17NO4/c1-20-12-4-2-10(3-5-12)13-8-11(6-7-16-13)15(19)14(18)9-17/h2-8,14-15,17-19H,9H2,1H3/t14-,15-/m1/s1. The van der Waals surface area contributed by atoms with Crippen molar-refractivity contribution in [3.63, 3.8) is 0 Å². The van der Waals surface area contributed by atoms with Crippen molar-refractivity contribution in [2.24, 2.45) is 0 Å². The third kappa shape index (κ3) is 3.14. The van der Waals surface area contributed by atoms with Gasteiger partial charge in [-0.1, -0.05) is 0 Å². The molecule has 0 aliphatic carbocycles. The molecule has 1 aromatic carbocycles. The molecule has 20 heavy (non-hydrogen) atoms. The van der Waals surface area contributed by atoms with Crippen LogP contribution in [0.25, 0.3) is 11.3 Å². The number of ether oxygens (including phenoxy) is 1. The van der Waals surface area contributed by atoms with Crippen LogP contribution in [0, 0.1) is 0 Å². The Labute approximate surface area is 117 Å². The summed E-state index contributed by atoms with van der Waals surface area (Å²) in [6.07, 6.45) is -0.788. The van der Waals surface area contributed by atoms with Gasteiger partial charge in [0.15, 0.2) is 0 Å². The topological polar surface area (TPSA) is 82.8 Å². The lowest BCUT2D eigenvalue weighted by Gasteiger charge is -2.16. The second-order valence-electron chi connectivity index (χ2n) is 4.40. The molecule has 5 heteroatoms. The normalized spacial score (nSPS) is 13.8. The Kier molecular flexibility index (Phi) is 4.68. The molecule has 0 amide bonds. The molecule has 106 valence electrons. The van der Waals surface area contributed by atoms with Crippen molar-refractivity contribution in [1.29, 1.82) is 0 Å². The van der Waals surface area contributed by atoms with Crippen LogP contribution in [0.3, 0.4) is 0 Å². The number of benzene rings is 1. The monoisotopic (exact) mass is 275 g/mol. The molecular weight excluding hydrogens is 258 g/mol. The maximum Gasteiger partial charge on any atom is 0.118 e. The zero-order valence-electron chi connectivity index (χ0n) is 11.1. The number of hydrogen-bond donors (Lipinski definition) is 3. The lowest BCUT2D eigenvalue weighted by molar-refractivity contribution is -0.0152. The van der Waals surface area contributed by atoms with E-state index in [1.165, 1.54) is 0 Å². The maximum atomic E-state index is 9.88. The summed E-state index contributed by atoms with van der Waals surface area (Å²) < 4.78 is 5.09. The lowest BCUT2D eigenvalue weighted by atomic mass is 10.0. The second-order valence-corrected chi connectivity index (χ2v) is 4.40. The number of aliphatic hydroxyl groups is 3. The first-order valence-corrected chi connectivity index (χ1v) is 6.23. The van der Waals surface area contributed by atoms with E-state index in [0.717, 1.165) is 11.3 Å². The van der Waals surface area contributed by atoms with Crippen molar-refractivity contribution in [1.82, 2.24) is 4.98 Å². The van der Waals surface area contributed by atoms with Gasteiger partial charge in [0, 0.05) is 11.8 Å². The third-order valence-electron chi connectivity index (χ3n) is 3.06. The summed E-state index contributed by atoms with van der Waals surface area (Å²) in [6, 6.07) is 10.7. The van der Waals surface area contributed by atoms with Gasteiger partial charge in [-0.15, -0.1) is 0 Å². The highest BCUT2D eigenvalue weighted by atomic mass is 16.5. The van der Waals surface area contributed by atoms with Crippen LogP contribution < -0.4 is 4.74 Å². The van der Waals surface area contributed by atoms with E-state index in [0.29, 0.717) is 11.3 Å². The summed E-state index contributed by atoms with van der Waals surface area (Å²) in [6.45, 7) is -0.499. The Morgan fingerprint density at radius 2 is 1.85 bits per heavy atom. The minimum Gasteiger partial charge on any atom is -0.497 e. The van der Waals surface area contributed by atoms with E-state index in [2.05, 4.69) is 4.98 Å². The zero-order valence-corrected chi connectivity index (χ0v) is 11.1. The molecule has 0 bridgehead atoms. The quantitative estimate of drug-likeness (QED) is 0.762. The molecule has 3 N–H and O–H groups in total. The van der Waals surface area contributed by atoms with Gasteiger partial charge in [-0.25, -0.2) is 0 Å². The summed E-state index contributed by atoms with van der Waals surface area (Å²) >= 11 is 0. The molecule has 5 nitrogen and oxygen atoms in total. The number of aromatic nitrogens is 1. The van der Waals surface area contributed by atoms with Crippen LogP contribution in [-0.4, -0.2) is 40.1 Å². The van der Waals surface area contributed by atoms with E-state index in [-0.39, 0.29) is 0 Å². The van der Waals surface area contributed by atoms with E-state index < -0.39 is 18.8 Å². The van der Waals surface area contributed by atoms with Crippen LogP contribution in [0.15, 0.2) is 42.6 Å². The van der Waals surface area contributed by atoms with Crippen LogP contribution in [0.1, 0.15) is 11.7 Å².